The first-order valence-electron chi connectivity index (χ1n) is 6.96. The predicted molar refractivity (Wildman–Crippen MR) is 76.4 cm³/mol. The summed E-state index contributed by atoms with van der Waals surface area (Å²) in [5.41, 5.74) is 1.33. The second-order valence-corrected chi connectivity index (χ2v) is 4.70. The zero-order valence-corrected chi connectivity index (χ0v) is 12.0. The van der Waals surface area contributed by atoms with Gasteiger partial charge in [-0.25, -0.2) is 0 Å². The van der Waals surface area contributed by atoms with Crippen molar-refractivity contribution in [3.8, 4) is 5.75 Å². The molecule has 0 heterocycles. The number of methoxy groups -OCH3 is 2. The first kappa shape index (κ1) is 15.5. The minimum absolute atomic E-state index is 0.101. The van der Waals surface area contributed by atoms with Crippen molar-refractivity contribution in [1.82, 2.24) is 0 Å². The summed E-state index contributed by atoms with van der Waals surface area (Å²) in [6, 6.07) is 8.23. The SMILES string of the molecule is COC(=O)CCCCCCCc1cccc(OC)c1. The number of benzene rings is 1. The number of ether oxygens (including phenoxy) is 2. The van der Waals surface area contributed by atoms with Crippen LogP contribution < -0.4 is 4.74 Å². The van der Waals surface area contributed by atoms with Crippen LogP contribution in [0.25, 0.3) is 0 Å². The highest BCUT2D eigenvalue weighted by Gasteiger charge is 2.00. The highest BCUT2D eigenvalue weighted by Crippen LogP contribution is 2.15. The maximum Gasteiger partial charge on any atom is 0.305 e. The van der Waals surface area contributed by atoms with E-state index >= 15 is 0 Å². The van der Waals surface area contributed by atoms with Gasteiger partial charge < -0.3 is 9.47 Å². The molecule has 3 heteroatoms. The Morgan fingerprint density at radius 3 is 2.53 bits per heavy atom. The van der Waals surface area contributed by atoms with Gasteiger partial charge in [-0.2, -0.15) is 0 Å². The van der Waals surface area contributed by atoms with Gasteiger partial charge in [0.1, 0.15) is 5.75 Å². The van der Waals surface area contributed by atoms with Crippen molar-refractivity contribution in [3.05, 3.63) is 29.8 Å². The predicted octanol–water partition coefficient (Wildman–Crippen LogP) is 3.75. The molecule has 3 nitrogen and oxygen atoms in total. The Kier molecular flexibility index (Phi) is 7.71. The van der Waals surface area contributed by atoms with Crippen LogP contribution in [0.1, 0.15) is 44.1 Å². The van der Waals surface area contributed by atoms with Crippen molar-refractivity contribution < 1.29 is 14.3 Å². The molecule has 0 spiro atoms. The zero-order chi connectivity index (χ0) is 13.9. The molecular weight excluding hydrogens is 240 g/mol. The van der Waals surface area contributed by atoms with E-state index in [1.54, 1.807) is 7.11 Å². The lowest BCUT2D eigenvalue weighted by Crippen LogP contribution is -1.99. The van der Waals surface area contributed by atoms with Gasteiger partial charge in [0.05, 0.1) is 14.2 Å². The highest BCUT2D eigenvalue weighted by molar-refractivity contribution is 5.68. The summed E-state index contributed by atoms with van der Waals surface area (Å²) in [5.74, 6) is 0.826. The molecule has 0 saturated heterocycles. The molecule has 0 aliphatic carbocycles. The molecule has 0 fully saturated rings. The Balaban J connectivity index is 2.05. The summed E-state index contributed by atoms with van der Waals surface area (Å²) in [7, 11) is 3.14. The quantitative estimate of drug-likeness (QED) is 0.503. The largest absolute Gasteiger partial charge is 0.497 e. The lowest BCUT2D eigenvalue weighted by atomic mass is 10.0. The molecule has 0 unspecified atom stereocenters. The highest BCUT2D eigenvalue weighted by atomic mass is 16.5. The van der Waals surface area contributed by atoms with Crippen molar-refractivity contribution in [2.45, 2.75) is 44.9 Å². The van der Waals surface area contributed by atoms with Gasteiger partial charge in [-0.15, -0.1) is 0 Å². The molecule has 0 aliphatic heterocycles. The topological polar surface area (TPSA) is 35.5 Å². The van der Waals surface area contributed by atoms with E-state index in [1.165, 1.54) is 31.9 Å². The molecule has 106 valence electrons. The minimum atomic E-state index is -0.101. The second kappa shape index (κ2) is 9.42. The molecule has 0 radical (unpaired) electrons. The van der Waals surface area contributed by atoms with Gasteiger partial charge >= 0.3 is 5.97 Å². The minimum Gasteiger partial charge on any atom is -0.497 e. The maximum atomic E-state index is 10.9. The van der Waals surface area contributed by atoms with Crippen LogP contribution in [-0.2, 0) is 16.0 Å². The lowest BCUT2D eigenvalue weighted by Gasteiger charge is -2.04. The van der Waals surface area contributed by atoms with Gasteiger partial charge in [0, 0.05) is 6.42 Å². The molecule has 0 atom stereocenters. The van der Waals surface area contributed by atoms with E-state index in [9.17, 15) is 4.79 Å². The standard InChI is InChI=1S/C16H24O3/c1-18-15-11-8-10-14(13-15)9-6-4-3-5-7-12-16(17)19-2/h8,10-11,13H,3-7,9,12H2,1-2H3. The molecule has 1 aromatic rings. The average molecular weight is 264 g/mol. The fourth-order valence-corrected chi connectivity index (χ4v) is 2.06. The van der Waals surface area contributed by atoms with Crippen LogP contribution in [0.3, 0.4) is 0 Å². The third-order valence-corrected chi connectivity index (χ3v) is 3.21. The van der Waals surface area contributed by atoms with Crippen LogP contribution in [0.15, 0.2) is 24.3 Å². The monoisotopic (exact) mass is 264 g/mol. The Hall–Kier alpha value is -1.51. The van der Waals surface area contributed by atoms with Gasteiger partial charge in [0.2, 0.25) is 0 Å². The molecule has 0 aliphatic rings. The van der Waals surface area contributed by atoms with Crippen LogP contribution in [0.5, 0.6) is 5.75 Å². The third kappa shape index (κ3) is 6.85. The summed E-state index contributed by atoms with van der Waals surface area (Å²) in [4.78, 5) is 10.9. The smallest absolute Gasteiger partial charge is 0.305 e. The fraction of sp³-hybridized carbons (Fsp3) is 0.562. The van der Waals surface area contributed by atoms with Crippen LogP contribution in [0.4, 0.5) is 0 Å². The van der Waals surface area contributed by atoms with Gasteiger partial charge in [0.15, 0.2) is 0 Å². The van der Waals surface area contributed by atoms with Crippen molar-refractivity contribution in [2.24, 2.45) is 0 Å². The molecule has 19 heavy (non-hydrogen) atoms. The fourth-order valence-electron chi connectivity index (χ4n) is 2.06. The van der Waals surface area contributed by atoms with Crippen LogP contribution in [-0.4, -0.2) is 20.2 Å². The number of aryl methyl sites for hydroxylation is 1. The van der Waals surface area contributed by atoms with E-state index in [2.05, 4.69) is 16.9 Å². The van der Waals surface area contributed by atoms with E-state index in [0.29, 0.717) is 6.42 Å². The van der Waals surface area contributed by atoms with Crippen molar-refractivity contribution in [1.29, 1.82) is 0 Å². The lowest BCUT2D eigenvalue weighted by molar-refractivity contribution is -0.140. The first-order valence-corrected chi connectivity index (χ1v) is 6.96. The second-order valence-electron chi connectivity index (χ2n) is 4.70. The molecule has 0 aromatic heterocycles. The molecule has 0 N–H and O–H groups in total. The Morgan fingerprint density at radius 1 is 1.05 bits per heavy atom. The van der Waals surface area contributed by atoms with E-state index in [-0.39, 0.29) is 5.97 Å². The number of hydrogen-bond donors (Lipinski definition) is 0. The number of rotatable bonds is 9. The Bertz CT molecular complexity index is 374. The van der Waals surface area contributed by atoms with Gasteiger partial charge in [-0.05, 0) is 37.0 Å². The number of hydrogen-bond acceptors (Lipinski definition) is 3. The molecule has 0 saturated carbocycles. The van der Waals surface area contributed by atoms with Crippen molar-refractivity contribution >= 4 is 5.97 Å². The molecule has 0 amide bonds. The van der Waals surface area contributed by atoms with Gasteiger partial charge in [0.25, 0.3) is 0 Å². The summed E-state index contributed by atoms with van der Waals surface area (Å²) in [6.45, 7) is 0. The van der Waals surface area contributed by atoms with E-state index < -0.39 is 0 Å². The van der Waals surface area contributed by atoms with Crippen LogP contribution in [0, 0.1) is 0 Å². The number of carbonyl (C=O) groups is 1. The van der Waals surface area contributed by atoms with Gasteiger partial charge in [-0.3, -0.25) is 4.79 Å². The molecule has 0 bridgehead atoms. The average Bonchev–Trinajstić information content (AvgIpc) is 2.46. The Morgan fingerprint density at radius 2 is 1.79 bits per heavy atom. The van der Waals surface area contributed by atoms with Crippen LogP contribution in [0.2, 0.25) is 0 Å². The number of unbranched alkanes of at least 4 members (excludes halogenated alkanes) is 4. The summed E-state index contributed by atoms with van der Waals surface area (Å²) in [6.07, 6.45) is 7.25. The third-order valence-electron chi connectivity index (χ3n) is 3.21. The number of esters is 1. The molecular formula is C16H24O3. The zero-order valence-electron chi connectivity index (χ0n) is 12.0. The number of carbonyl (C=O) groups excluding carboxylic acids is 1. The van der Waals surface area contributed by atoms with E-state index in [4.69, 9.17) is 4.74 Å². The van der Waals surface area contributed by atoms with Crippen LogP contribution >= 0.6 is 0 Å². The summed E-state index contributed by atoms with van der Waals surface area (Å²) < 4.78 is 9.81. The molecule has 1 rings (SSSR count). The Labute approximate surface area is 115 Å². The molecule has 1 aromatic carbocycles. The van der Waals surface area contributed by atoms with Gasteiger partial charge in [-0.1, -0.05) is 31.4 Å². The summed E-state index contributed by atoms with van der Waals surface area (Å²) >= 11 is 0. The van der Waals surface area contributed by atoms with Crippen molar-refractivity contribution in [2.75, 3.05) is 14.2 Å². The van der Waals surface area contributed by atoms with Crippen molar-refractivity contribution in [3.63, 3.8) is 0 Å². The first-order chi connectivity index (χ1) is 9.26. The van der Waals surface area contributed by atoms with E-state index in [1.807, 2.05) is 12.1 Å². The summed E-state index contributed by atoms with van der Waals surface area (Å²) in [5, 5.41) is 0. The normalized spacial score (nSPS) is 10.2. The maximum absolute atomic E-state index is 10.9. The van der Waals surface area contributed by atoms with E-state index in [0.717, 1.165) is 25.0 Å².